The van der Waals surface area contributed by atoms with Crippen LogP contribution in [-0.2, 0) is 11.3 Å². The van der Waals surface area contributed by atoms with Crippen LogP contribution in [0.1, 0.15) is 33.8 Å². The first kappa shape index (κ1) is 18.6. The van der Waals surface area contributed by atoms with E-state index in [0.29, 0.717) is 29.8 Å². The van der Waals surface area contributed by atoms with Crippen molar-refractivity contribution in [3.63, 3.8) is 0 Å². The maximum absolute atomic E-state index is 12.4. The lowest BCUT2D eigenvalue weighted by Gasteiger charge is -2.22. The van der Waals surface area contributed by atoms with E-state index in [9.17, 15) is 4.79 Å². The molecule has 1 saturated heterocycles. The van der Waals surface area contributed by atoms with Crippen molar-refractivity contribution in [1.82, 2.24) is 15.5 Å². The molecule has 146 valence electrons. The Balaban J connectivity index is 1.40. The summed E-state index contributed by atoms with van der Waals surface area (Å²) in [6, 6.07) is 10.1. The highest BCUT2D eigenvalue weighted by atomic mass is 32.1. The molecule has 2 aromatic heterocycles. The number of hydrogen-bond acceptors (Lipinski definition) is 7. The number of thiazole rings is 1. The molecule has 0 aliphatic carbocycles. The van der Waals surface area contributed by atoms with E-state index in [2.05, 4.69) is 20.8 Å². The van der Waals surface area contributed by atoms with Gasteiger partial charge in [-0.25, -0.2) is 4.98 Å². The van der Waals surface area contributed by atoms with Crippen LogP contribution in [0, 0.1) is 6.92 Å². The quantitative estimate of drug-likeness (QED) is 0.659. The van der Waals surface area contributed by atoms with Crippen molar-refractivity contribution in [3.05, 3.63) is 52.7 Å². The van der Waals surface area contributed by atoms with Crippen LogP contribution in [0.4, 0.5) is 5.13 Å². The Morgan fingerprint density at radius 2 is 2.04 bits per heavy atom. The molecular formula is C20H22N4O3S. The molecule has 0 spiro atoms. The fraction of sp³-hybridized carbons (Fsp3) is 0.350. The number of nitrogens with zero attached hydrogens (tertiary/aromatic N) is 2. The predicted octanol–water partition coefficient (Wildman–Crippen LogP) is 3.63. The average molecular weight is 398 g/mol. The molecule has 8 heteroatoms. The maximum atomic E-state index is 12.4. The Morgan fingerprint density at radius 1 is 1.25 bits per heavy atom. The Kier molecular flexibility index (Phi) is 5.68. The highest BCUT2D eigenvalue weighted by Crippen LogP contribution is 2.27. The number of aryl methyl sites for hydroxylation is 1. The summed E-state index contributed by atoms with van der Waals surface area (Å²) in [5, 5.41) is 11.2. The number of carbonyl (C=O) groups excluding carboxylic acids is 1. The van der Waals surface area contributed by atoms with Crippen LogP contribution >= 0.6 is 11.3 Å². The molecule has 2 N–H and O–H groups in total. The number of aromatic nitrogens is 2. The van der Waals surface area contributed by atoms with Gasteiger partial charge in [0.2, 0.25) is 0 Å². The first-order chi connectivity index (χ1) is 13.7. The van der Waals surface area contributed by atoms with Crippen molar-refractivity contribution < 1.29 is 14.1 Å². The minimum atomic E-state index is -0.0800. The van der Waals surface area contributed by atoms with Gasteiger partial charge in [0.1, 0.15) is 16.3 Å². The number of amides is 1. The van der Waals surface area contributed by atoms with Crippen molar-refractivity contribution in [2.75, 3.05) is 18.5 Å². The van der Waals surface area contributed by atoms with E-state index in [1.54, 1.807) is 6.20 Å². The molecule has 1 fully saturated rings. The van der Waals surface area contributed by atoms with Gasteiger partial charge in [-0.05, 0) is 19.8 Å². The van der Waals surface area contributed by atoms with E-state index in [1.165, 1.54) is 11.3 Å². The van der Waals surface area contributed by atoms with Gasteiger partial charge in [0, 0.05) is 36.9 Å². The normalized spacial score (nSPS) is 14.8. The standard InChI is InChI=1S/C20H22N4O3S/c1-13-16(18(24-27-13)14-5-3-2-4-6-14)11-21-20-22-12-17(28-20)19(25)23-15-7-9-26-10-8-15/h2-6,12,15H,7-11H2,1H3,(H,21,22)(H,23,25). The zero-order valence-electron chi connectivity index (χ0n) is 15.6. The van der Waals surface area contributed by atoms with Crippen molar-refractivity contribution in [1.29, 1.82) is 0 Å². The maximum Gasteiger partial charge on any atom is 0.263 e. The van der Waals surface area contributed by atoms with Gasteiger partial charge in [0.25, 0.3) is 5.91 Å². The van der Waals surface area contributed by atoms with Gasteiger partial charge >= 0.3 is 0 Å². The summed E-state index contributed by atoms with van der Waals surface area (Å²) in [4.78, 5) is 17.3. The number of hydrogen-bond donors (Lipinski definition) is 2. The van der Waals surface area contributed by atoms with Gasteiger partial charge in [0.15, 0.2) is 5.13 Å². The van der Waals surface area contributed by atoms with Crippen LogP contribution in [0.25, 0.3) is 11.3 Å². The lowest BCUT2D eigenvalue weighted by Crippen LogP contribution is -2.38. The Bertz CT molecular complexity index is 932. The van der Waals surface area contributed by atoms with E-state index in [0.717, 1.165) is 35.4 Å². The van der Waals surface area contributed by atoms with Gasteiger partial charge in [-0.15, -0.1) is 0 Å². The van der Waals surface area contributed by atoms with Gasteiger partial charge in [-0.1, -0.05) is 46.8 Å². The topological polar surface area (TPSA) is 89.3 Å². The summed E-state index contributed by atoms with van der Waals surface area (Å²) in [6.07, 6.45) is 3.32. The summed E-state index contributed by atoms with van der Waals surface area (Å²) >= 11 is 1.34. The summed E-state index contributed by atoms with van der Waals surface area (Å²) in [6.45, 7) is 3.81. The number of ether oxygens (including phenoxy) is 1. The highest BCUT2D eigenvalue weighted by molar-refractivity contribution is 7.17. The molecule has 0 unspecified atom stereocenters. The van der Waals surface area contributed by atoms with Crippen molar-refractivity contribution in [2.45, 2.75) is 32.4 Å². The molecule has 0 bridgehead atoms. The monoisotopic (exact) mass is 398 g/mol. The average Bonchev–Trinajstić information content (AvgIpc) is 3.34. The van der Waals surface area contributed by atoms with Crippen LogP contribution in [0.5, 0.6) is 0 Å². The molecule has 28 heavy (non-hydrogen) atoms. The molecule has 0 atom stereocenters. The van der Waals surface area contributed by atoms with Crippen molar-refractivity contribution >= 4 is 22.4 Å². The minimum absolute atomic E-state index is 0.0800. The summed E-state index contributed by atoms with van der Waals surface area (Å²) in [5.74, 6) is 0.684. The zero-order chi connectivity index (χ0) is 19.3. The molecule has 3 heterocycles. The second-order valence-electron chi connectivity index (χ2n) is 6.68. The smallest absolute Gasteiger partial charge is 0.263 e. The third-order valence-electron chi connectivity index (χ3n) is 4.73. The van der Waals surface area contributed by atoms with Gasteiger partial charge in [-0.2, -0.15) is 0 Å². The Morgan fingerprint density at radius 3 is 2.82 bits per heavy atom. The number of anilines is 1. The van der Waals surface area contributed by atoms with Crippen LogP contribution in [0.15, 0.2) is 41.1 Å². The van der Waals surface area contributed by atoms with E-state index in [4.69, 9.17) is 9.26 Å². The first-order valence-electron chi connectivity index (χ1n) is 9.29. The van der Waals surface area contributed by atoms with Crippen LogP contribution in [0.2, 0.25) is 0 Å². The Hall–Kier alpha value is -2.71. The van der Waals surface area contributed by atoms with E-state index >= 15 is 0 Å². The number of benzene rings is 1. The third kappa shape index (κ3) is 4.23. The first-order valence-corrected chi connectivity index (χ1v) is 10.1. The van der Waals surface area contributed by atoms with Crippen LogP contribution < -0.4 is 10.6 Å². The molecule has 1 amide bonds. The summed E-state index contributed by atoms with van der Waals surface area (Å²) in [5.41, 5.74) is 2.81. The fourth-order valence-corrected chi connectivity index (χ4v) is 3.86. The van der Waals surface area contributed by atoms with Gasteiger partial charge in [-0.3, -0.25) is 4.79 Å². The molecule has 0 saturated carbocycles. The largest absolute Gasteiger partial charge is 0.381 e. The van der Waals surface area contributed by atoms with E-state index in [1.807, 2.05) is 37.3 Å². The molecule has 1 aliphatic heterocycles. The number of rotatable bonds is 6. The molecule has 0 radical (unpaired) electrons. The highest BCUT2D eigenvalue weighted by Gasteiger charge is 2.19. The van der Waals surface area contributed by atoms with Crippen LogP contribution in [0.3, 0.4) is 0 Å². The summed E-state index contributed by atoms with van der Waals surface area (Å²) < 4.78 is 10.7. The summed E-state index contributed by atoms with van der Waals surface area (Å²) in [7, 11) is 0. The second kappa shape index (κ2) is 8.53. The van der Waals surface area contributed by atoms with Crippen molar-refractivity contribution in [3.8, 4) is 11.3 Å². The van der Waals surface area contributed by atoms with Gasteiger partial charge in [0.05, 0.1) is 6.20 Å². The molecule has 4 rings (SSSR count). The fourth-order valence-electron chi connectivity index (χ4n) is 3.15. The number of nitrogens with one attached hydrogen (secondary N) is 2. The Labute approximate surface area is 167 Å². The lowest BCUT2D eigenvalue weighted by atomic mass is 10.1. The lowest BCUT2D eigenvalue weighted by molar-refractivity contribution is 0.0698. The second-order valence-corrected chi connectivity index (χ2v) is 7.71. The van der Waals surface area contributed by atoms with Gasteiger partial charge < -0.3 is 19.9 Å². The molecule has 1 aromatic carbocycles. The minimum Gasteiger partial charge on any atom is -0.381 e. The zero-order valence-corrected chi connectivity index (χ0v) is 16.4. The molecule has 3 aromatic rings. The van der Waals surface area contributed by atoms with Crippen molar-refractivity contribution in [2.24, 2.45) is 0 Å². The van der Waals surface area contributed by atoms with E-state index < -0.39 is 0 Å². The number of carbonyl (C=O) groups is 1. The predicted molar refractivity (Wildman–Crippen MR) is 107 cm³/mol. The SMILES string of the molecule is Cc1onc(-c2ccccc2)c1CNc1ncc(C(=O)NC2CCOCC2)s1. The third-order valence-corrected chi connectivity index (χ3v) is 5.69. The molecule has 7 nitrogen and oxygen atoms in total. The van der Waals surface area contributed by atoms with E-state index in [-0.39, 0.29) is 11.9 Å². The molecule has 1 aliphatic rings. The van der Waals surface area contributed by atoms with Crippen LogP contribution in [-0.4, -0.2) is 35.3 Å². The molecular weight excluding hydrogens is 376 g/mol.